The summed E-state index contributed by atoms with van der Waals surface area (Å²) in [6.07, 6.45) is -1.55. The second-order valence-corrected chi connectivity index (χ2v) is 9.60. The first kappa shape index (κ1) is 24.8. The molecule has 0 saturated carbocycles. The first-order valence-corrected chi connectivity index (χ1v) is 11.6. The van der Waals surface area contributed by atoms with Crippen LogP contribution in [0.4, 0.5) is 23.2 Å². The highest BCUT2D eigenvalue weighted by molar-refractivity contribution is 9.10. The van der Waals surface area contributed by atoms with Gasteiger partial charge in [0.25, 0.3) is 5.91 Å². The number of hydrogen-bond acceptors (Lipinski definition) is 5. The van der Waals surface area contributed by atoms with Gasteiger partial charge in [0, 0.05) is 11.6 Å². The van der Waals surface area contributed by atoms with Crippen molar-refractivity contribution in [1.29, 1.82) is 0 Å². The van der Waals surface area contributed by atoms with Crippen LogP contribution in [0.1, 0.15) is 22.3 Å². The van der Waals surface area contributed by atoms with E-state index in [0.29, 0.717) is 11.3 Å². The van der Waals surface area contributed by atoms with E-state index in [2.05, 4.69) is 31.3 Å². The maximum absolute atomic E-state index is 13.6. The van der Waals surface area contributed by atoms with Crippen molar-refractivity contribution in [2.75, 3.05) is 5.32 Å². The molecule has 1 unspecified atom stereocenters. The van der Waals surface area contributed by atoms with Crippen molar-refractivity contribution >= 4 is 55.0 Å². The highest BCUT2D eigenvalue weighted by atomic mass is 79.9. The number of rotatable bonds is 6. The predicted octanol–water partition coefficient (Wildman–Crippen LogP) is 5.45. The summed E-state index contributed by atoms with van der Waals surface area (Å²) in [7, 11) is 0. The van der Waals surface area contributed by atoms with Gasteiger partial charge in [-0.15, -0.1) is 11.3 Å². The number of primary amides is 1. The molecule has 3 heterocycles. The first-order chi connectivity index (χ1) is 16.4. The minimum absolute atomic E-state index is 0.0186. The molecule has 0 aliphatic carbocycles. The van der Waals surface area contributed by atoms with Crippen LogP contribution in [0.5, 0.6) is 0 Å². The van der Waals surface area contributed by atoms with Crippen LogP contribution < -0.4 is 11.1 Å². The molecular weight excluding hydrogens is 554 g/mol. The van der Waals surface area contributed by atoms with Crippen molar-refractivity contribution < 1.29 is 27.2 Å². The third kappa shape index (κ3) is 5.20. The van der Waals surface area contributed by atoms with E-state index < -0.39 is 35.4 Å². The van der Waals surface area contributed by atoms with E-state index in [9.17, 15) is 27.2 Å². The number of nitrogens with two attached hydrogens (primary N) is 1. The molecule has 1 atom stereocenters. The first-order valence-electron chi connectivity index (χ1n) is 10.0. The standard InChI is InChI=1S/C22H16BrF4N5O2S/c1-10(8-32-9-12(23)7-29-32)20(34)31-17-16-14(11-2-4-13(24)5-3-11)6-15(22(25,26)27)30-21(16)35-18(17)19(28)33/h2-7,9-10H,8H2,1H3,(H2,28,33)(H,31,34). The molecule has 0 aliphatic heterocycles. The van der Waals surface area contributed by atoms with Gasteiger partial charge >= 0.3 is 6.18 Å². The summed E-state index contributed by atoms with van der Waals surface area (Å²) in [5.74, 6) is -2.66. The number of carbonyl (C=O) groups excluding carboxylic acids is 2. The van der Waals surface area contributed by atoms with Crippen molar-refractivity contribution in [3.8, 4) is 11.1 Å². The number of carbonyl (C=O) groups is 2. The largest absolute Gasteiger partial charge is 0.433 e. The van der Waals surface area contributed by atoms with Crippen LogP contribution in [-0.2, 0) is 17.5 Å². The van der Waals surface area contributed by atoms with E-state index in [0.717, 1.165) is 22.7 Å². The summed E-state index contributed by atoms with van der Waals surface area (Å²) in [6, 6.07) is 5.59. The molecule has 3 N–H and O–H groups in total. The molecule has 0 spiro atoms. The number of halogens is 5. The highest BCUT2D eigenvalue weighted by Gasteiger charge is 2.35. The Hall–Kier alpha value is -3.32. The number of nitrogens with zero attached hydrogens (tertiary/aromatic N) is 3. The predicted molar refractivity (Wildman–Crippen MR) is 126 cm³/mol. The normalized spacial score (nSPS) is 12.6. The van der Waals surface area contributed by atoms with Crippen molar-refractivity contribution in [3.05, 3.63) is 63.6 Å². The quantitative estimate of drug-likeness (QED) is 0.301. The SMILES string of the molecule is CC(Cn1cc(Br)cn1)C(=O)Nc1c(C(N)=O)sc2nc(C(F)(F)F)cc(-c3ccc(F)cc3)c12. The Morgan fingerprint density at radius 3 is 2.51 bits per heavy atom. The zero-order chi connectivity index (χ0) is 25.5. The molecule has 0 saturated heterocycles. The van der Waals surface area contributed by atoms with E-state index in [1.165, 1.54) is 16.8 Å². The number of hydrogen-bond donors (Lipinski definition) is 2. The van der Waals surface area contributed by atoms with Crippen LogP contribution in [-0.4, -0.2) is 26.6 Å². The molecule has 1 aromatic carbocycles. The van der Waals surface area contributed by atoms with Gasteiger partial charge in [-0.25, -0.2) is 9.37 Å². The van der Waals surface area contributed by atoms with Crippen LogP contribution in [0, 0.1) is 11.7 Å². The van der Waals surface area contributed by atoms with Gasteiger partial charge in [0.15, 0.2) is 0 Å². The summed E-state index contributed by atoms with van der Waals surface area (Å²) in [5, 5.41) is 6.84. The van der Waals surface area contributed by atoms with Gasteiger partial charge in [-0.05, 0) is 45.3 Å². The molecule has 0 aliphatic rings. The molecule has 7 nitrogen and oxygen atoms in total. The number of thiophene rings is 1. The molecule has 0 radical (unpaired) electrons. The third-order valence-corrected chi connectivity index (χ3v) is 6.60. The van der Waals surface area contributed by atoms with Crippen molar-refractivity contribution in [2.24, 2.45) is 11.7 Å². The Bertz CT molecular complexity index is 1430. The Labute approximate surface area is 208 Å². The van der Waals surface area contributed by atoms with E-state index in [4.69, 9.17) is 5.73 Å². The van der Waals surface area contributed by atoms with Crippen LogP contribution in [0.2, 0.25) is 0 Å². The Balaban J connectivity index is 1.85. The van der Waals surface area contributed by atoms with Gasteiger partial charge < -0.3 is 11.1 Å². The van der Waals surface area contributed by atoms with Gasteiger partial charge in [0.1, 0.15) is 21.2 Å². The van der Waals surface area contributed by atoms with Crippen LogP contribution >= 0.6 is 27.3 Å². The molecule has 0 fully saturated rings. The summed E-state index contributed by atoms with van der Waals surface area (Å²) in [5.41, 5.74) is 4.51. The van der Waals surface area contributed by atoms with E-state index >= 15 is 0 Å². The fraction of sp³-hybridized carbons (Fsp3) is 0.182. The molecular formula is C22H16BrF4N5O2S. The fourth-order valence-electron chi connectivity index (χ4n) is 3.44. The number of amides is 2. The van der Waals surface area contributed by atoms with Crippen LogP contribution in [0.15, 0.2) is 47.2 Å². The lowest BCUT2D eigenvalue weighted by Crippen LogP contribution is -2.25. The number of benzene rings is 1. The Kier molecular flexibility index (Phi) is 6.64. The van der Waals surface area contributed by atoms with Gasteiger partial charge in [-0.1, -0.05) is 19.1 Å². The van der Waals surface area contributed by atoms with E-state index in [1.807, 2.05) is 0 Å². The molecule has 182 valence electrons. The molecule has 3 aromatic heterocycles. The lowest BCUT2D eigenvalue weighted by Gasteiger charge is -2.15. The molecule has 4 aromatic rings. The summed E-state index contributed by atoms with van der Waals surface area (Å²) >= 11 is 3.91. The lowest BCUT2D eigenvalue weighted by atomic mass is 10.0. The number of fused-ring (bicyclic) bond motifs is 1. The third-order valence-electron chi connectivity index (χ3n) is 5.09. The minimum atomic E-state index is -4.78. The fourth-order valence-corrected chi connectivity index (χ4v) is 4.78. The van der Waals surface area contributed by atoms with E-state index in [1.54, 1.807) is 19.3 Å². The number of pyridine rings is 1. The van der Waals surface area contributed by atoms with Crippen LogP contribution in [0.3, 0.4) is 0 Å². The average Bonchev–Trinajstić information content (AvgIpc) is 3.36. The highest BCUT2D eigenvalue weighted by Crippen LogP contribution is 2.43. The minimum Gasteiger partial charge on any atom is -0.365 e. The molecule has 0 bridgehead atoms. The zero-order valence-corrected chi connectivity index (χ0v) is 20.3. The summed E-state index contributed by atoms with van der Waals surface area (Å²) in [4.78, 5) is 28.5. The smallest absolute Gasteiger partial charge is 0.365 e. The van der Waals surface area contributed by atoms with Crippen molar-refractivity contribution in [3.63, 3.8) is 0 Å². The monoisotopic (exact) mass is 569 g/mol. The lowest BCUT2D eigenvalue weighted by molar-refractivity contribution is -0.140. The maximum atomic E-state index is 13.6. The van der Waals surface area contributed by atoms with Gasteiger partial charge in [0.05, 0.1) is 28.8 Å². The number of anilines is 1. The second-order valence-electron chi connectivity index (χ2n) is 7.68. The van der Waals surface area contributed by atoms with Crippen molar-refractivity contribution in [2.45, 2.75) is 19.6 Å². The number of aromatic nitrogens is 3. The molecule has 2 amide bonds. The molecule has 13 heteroatoms. The Morgan fingerprint density at radius 1 is 1.26 bits per heavy atom. The topological polar surface area (TPSA) is 103 Å². The summed E-state index contributed by atoms with van der Waals surface area (Å²) in [6.45, 7) is 1.83. The number of alkyl halides is 3. The van der Waals surface area contributed by atoms with Gasteiger partial charge in [0.2, 0.25) is 5.91 Å². The average molecular weight is 570 g/mol. The summed E-state index contributed by atoms with van der Waals surface area (Å²) < 4.78 is 56.5. The van der Waals surface area contributed by atoms with Gasteiger partial charge in [-0.3, -0.25) is 14.3 Å². The van der Waals surface area contributed by atoms with Crippen molar-refractivity contribution in [1.82, 2.24) is 14.8 Å². The molecule has 4 rings (SSSR count). The van der Waals surface area contributed by atoms with Gasteiger partial charge in [-0.2, -0.15) is 18.3 Å². The van der Waals surface area contributed by atoms with Crippen LogP contribution in [0.25, 0.3) is 21.3 Å². The molecule has 35 heavy (non-hydrogen) atoms. The number of nitrogens with one attached hydrogen (secondary N) is 1. The Morgan fingerprint density at radius 2 is 1.94 bits per heavy atom. The maximum Gasteiger partial charge on any atom is 0.433 e. The second kappa shape index (κ2) is 9.38. The zero-order valence-electron chi connectivity index (χ0n) is 17.9. The van der Waals surface area contributed by atoms with E-state index in [-0.39, 0.29) is 38.5 Å².